The minimum Gasteiger partial charge on any atom is -0.353 e. The highest BCUT2D eigenvalue weighted by Crippen LogP contribution is 2.26. The largest absolute Gasteiger partial charge is 0.353 e. The zero-order valence-electron chi connectivity index (χ0n) is 16.5. The van der Waals surface area contributed by atoms with Gasteiger partial charge in [-0.1, -0.05) is 12.1 Å². The highest BCUT2D eigenvalue weighted by atomic mass is 32.2. The molecule has 1 N–H and O–H groups in total. The number of thioether (sulfide) groups is 1. The molecule has 5 heteroatoms. The quantitative estimate of drug-likeness (QED) is 0.759. The van der Waals surface area contributed by atoms with Gasteiger partial charge in [-0.15, -0.1) is 11.8 Å². The molecule has 4 rings (SSSR count). The number of likely N-dealkylation sites (tertiary alicyclic amines) is 2. The number of carbonyl (C=O) groups is 1. The first-order valence-corrected chi connectivity index (χ1v) is 11.8. The number of amides is 1. The van der Waals surface area contributed by atoms with Gasteiger partial charge in [-0.25, -0.2) is 0 Å². The molecule has 3 aliphatic rings. The standard InChI is InChI=1S/C22H33N3OS/c1-27-21-6-2-4-17(14-21)15-24-12-9-20(10-13-24)25-11-3-5-18(16-25)22(26)23-19-7-8-19/h2,4,6,14,18-20H,3,5,7-13,15-16H2,1H3,(H,23,26)/t18-/m1/s1. The number of hydrogen-bond acceptors (Lipinski definition) is 4. The van der Waals surface area contributed by atoms with E-state index in [2.05, 4.69) is 45.6 Å². The van der Waals surface area contributed by atoms with Crippen molar-refractivity contribution in [3.63, 3.8) is 0 Å². The van der Waals surface area contributed by atoms with E-state index in [-0.39, 0.29) is 5.92 Å². The van der Waals surface area contributed by atoms with Crippen molar-refractivity contribution in [1.82, 2.24) is 15.1 Å². The summed E-state index contributed by atoms with van der Waals surface area (Å²) < 4.78 is 0. The van der Waals surface area contributed by atoms with Gasteiger partial charge in [0.1, 0.15) is 0 Å². The number of carbonyl (C=O) groups excluding carboxylic acids is 1. The topological polar surface area (TPSA) is 35.6 Å². The summed E-state index contributed by atoms with van der Waals surface area (Å²) in [5.41, 5.74) is 1.43. The summed E-state index contributed by atoms with van der Waals surface area (Å²) in [4.78, 5) is 19.0. The Hall–Kier alpha value is -1.04. The van der Waals surface area contributed by atoms with E-state index < -0.39 is 0 Å². The fraction of sp³-hybridized carbons (Fsp3) is 0.682. The second-order valence-corrected chi connectivity index (χ2v) is 9.36. The molecule has 27 heavy (non-hydrogen) atoms. The molecular formula is C22H33N3OS. The van der Waals surface area contributed by atoms with Crippen molar-refractivity contribution in [2.75, 3.05) is 32.4 Å². The first-order chi connectivity index (χ1) is 13.2. The third kappa shape index (κ3) is 5.27. The Kier molecular flexibility index (Phi) is 6.41. The Labute approximate surface area is 168 Å². The summed E-state index contributed by atoms with van der Waals surface area (Å²) in [6, 6.07) is 10.1. The molecule has 148 valence electrons. The fourth-order valence-electron chi connectivity index (χ4n) is 4.57. The summed E-state index contributed by atoms with van der Waals surface area (Å²) >= 11 is 1.82. The summed E-state index contributed by atoms with van der Waals surface area (Å²) in [7, 11) is 0. The lowest BCUT2D eigenvalue weighted by atomic mass is 9.93. The average molecular weight is 388 g/mol. The molecule has 1 saturated carbocycles. The molecule has 1 aliphatic carbocycles. The zero-order chi connectivity index (χ0) is 18.6. The molecule has 2 heterocycles. The minimum atomic E-state index is 0.215. The lowest BCUT2D eigenvalue weighted by Gasteiger charge is -2.42. The molecule has 0 bridgehead atoms. The van der Waals surface area contributed by atoms with Gasteiger partial charge in [0.2, 0.25) is 5.91 Å². The Balaban J connectivity index is 1.25. The van der Waals surface area contributed by atoms with Crippen molar-refractivity contribution in [2.24, 2.45) is 5.92 Å². The molecule has 2 saturated heterocycles. The normalized spacial score (nSPS) is 25.4. The average Bonchev–Trinajstić information content (AvgIpc) is 3.53. The third-order valence-electron chi connectivity index (χ3n) is 6.36. The van der Waals surface area contributed by atoms with E-state index in [4.69, 9.17) is 0 Å². The molecule has 0 aromatic heterocycles. The maximum Gasteiger partial charge on any atom is 0.224 e. The molecule has 4 nitrogen and oxygen atoms in total. The Bertz CT molecular complexity index is 640. The van der Waals surface area contributed by atoms with Crippen LogP contribution in [0.3, 0.4) is 0 Å². The lowest BCUT2D eigenvalue weighted by molar-refractivity contribution is -0.127. The van der Waals surface area contributed by atoms with E-state index in [0.717, 1.165) is 19.5 Å². The van der Waals surface area contributed by atoms with Gasteiger partial charge in [-0.3, -0.25) is 14.6 Å². The molecule has 2 aliphatic heterocycles. The van der Waals surface area contributed by atoms with Gasteiger partial charge in [0.25, 0.3) is 0 Å². The van der Waals surface area contributed by atoms with Gasteiger partial charge in [-0.2, -0.15) is 0 Å². The predicted molar refractivity (Wildman–Crippen MR) is 112 cm³/mol. The Morgan fingerprint density at radius 1 is 1.15 bits per heavy atom. The smallest absolute Gasteiger partial charge is 0.224 e. The van der Waals surface area contributed by atoms with Crippen molar-refractivity contribution in [3.8, 4) is 0 Å². The molecule has 1 atom stereocenters. The monoisotopic (exact) mass is 387 g/mol. The highest BCUT2D eigenvalue weighted by molar-refractivity contribution is 7.98. The molecule has 0 spiro atoms. The van der Waals surface area contributed by atoms with Crippen LogP contribution >= 0.6 is 11.8 Å². The first kappa shape index (κ1) is 19.3. The molecule has 1 aromatic rings. The van der Waals surface area contributed by atoms with Crippen molar-refractivity contribution >= 4 is 17.7 Å². The summed E-state index contributed by atoms with van der Waals surface area (Å²) in [6.07, 6.45) is 9.21. The third-order valence-corrected chi connectivity index (χ3v) is 7.09. The molecule has 1 aromatic carbocycles. The van der Waals surface area contributed by atoms with E-state index in [1.165, 1.54) is 62.2 Å². The van der Waals surface area contributed by atoms with Crippen LogP contribution in [0.15, 0.2) is 29.2 Å². The van der Waals surface area contributed by atoms with Gasteiger partial charge < -0.3 is 5.32 Å². The summed E-state index contributed by atoms with van der Waals surface area (Å²) in [6.45, 7) is 5.55. The maximum atomic E-state index is 12.4. The van der Waals surface area contributed by atoms with Crippen molar-refractivity contribution in [3.05, 3.63) is 29.8 Å². The zero-order valence-corrected chi connectivity index (χ0v) is 17.3. The number of hydrogen-bond donors (Lipinski definition) is 1. The molecule has 0 unspecified atom stereocenters. The van der Waals surface area contributed by atoms with Gasteiger partial charge in [-0.05, 0) is 82.1 Å². The van der Waals surface area contributed by atoms with Crippen LogP contribution in [-0.4, -0.2) is 60.2 Å². The molecule has 0 radical (unpaired) electrons. The number of rotatable bonds is 6. The lowest BCUT2D eigenvalue weighted by Crippen LogP contribution is -2.50. The van der Waals surface area contributed by atoms with E-state index >= 15 is 0 Å². The Morgan fingerprint density at radius 3 is 2.70 bits per heavy atom. The van der Waals surface area contributed by atoms with Crippen LogP contribution < -0.4 is 5.32 Å². The second kappa shape index (κ2) is 8.97. The van der Waals surface area contributed by atoms with Crippen molar-refractivity contribution in [2.45, 2.75) is 62.0 Å². The van der Waals surface area contributed by atoms with Gasteiger partial charge >= 0.3 is 0 Å². The fourth-order valence-corrected chi connectivity index (χ4v) is 5.05. The van der Waals surface area contributed by atoms with E-state index in [1.807, 2.05) is 11.8 Å². The van der Waals surface area contributed by atoms with E-state index in [9.17, 15) is 4.79 Å². The first-order valence-electron chi connectivity index (χ1n) is 10.6. The predicted octanol–water partition coefficient (Wildman–Crippen LogP) is 3.36. The number of benzene rings is 1. The Morgan fingerprint density at radius 2 is 1.96 bits per heavy atom. The van der Waals surface area contributed by atoms with Crippen LogP contribution in [0.1, 0.15) is 44.1 Å². The second-order valence-electron chi connectivity index (χ2n) is 8.48. The number of piperidine rings is 2. The van der Waals surface area contributed by atoms with Crippen molar-refractivity contribution in [1.29, 1.82) is 0 Å². The summed E-state index contributed by atoms with van der Waals surface area (Å²) in [5, 5.41) is 3.22. The van der Waals surface area contributed by atoms with E-state index in [1.54, 1.807) is 0 Å². The molecule has 3 fully saturated rings. The maximum absolute atomic E-state index is 12.4. The van der Waals surface area contributed by atoms with Crippen LogP contribution in [0.4, 0.5) is 0 Å². The highest BCUT2D eigenvalue weighted by Gasteiger charge is 2.33. The minimum absolute atomic E-state index is 0.215. The number of nitrogens with zero attached hydrogens (tertiary/aromatic N) is 2. The van der Waals surface area contributed by atoms with Crippen molar-refractivity contribution < 1.29 is 4.79 Å². The molecule has 1 amide bonds. The summed E-state index contributed by atoms with van der Waals surface area (Å²) in [5.74, 6) is 0.528. The van der Waals surface area contributed by atoms with Crippen LogP contribution in [0.5, 0.6) is 0 Å². The van der Waals surface area contributed by atoms with Crippen LogP contribution in [0.25, 0.3) is 0 Å². The van der Waals surface area contributed by atoms with Crippen LogP contribution in [0.2, 0.25) is 0 Å². The number of nitrogens with one attached hydrogen (secondary N) is 1. The van der Waals surface area contributed by atoms with Gasteiger partial charge in [0, 0.05) is 30.1 Å². The van der Waals surface area contributed by atoms with Gasteiger partial charge in [0.15, 0.2) is 0 Å². The molecular weight excluding hydrogens is 354 g/mol. The SMILES string of the molecule is CSc1cccc(CN2CCC(N3CCC[C@@H](C(=O)NC4CC4)C3)CC2)c1. The van der Waals surface area contributed by atoms with E-state index in [0.29, 0.717) is 18.0 Å². The van der Waals surface area contributed by atoms with Crippen LogP contribution in [-0.2, 0) is 11.3 Å². The van der Waals surface area contributed by atoms with Crippen LogP contribution in [0, 0.1) is 5.92 Å². The van der Waals surface area contributed by atoms with Gasteiger partial charge in [0.05, 0.1) is 5.92 Å².